The second-order valence-corrected chi connectivity index (χ2v) is 11.7. The Balaban J connectivity index is 1.26. The smallest absolute Gasteiger partial charge is 0.261 e. The fourth-order valence-electron chi connectivity index (χ4n) is 5.22. The number of nitrogens with zero attached hydrogens (tertiary/aromatic N) is 1. The van der Waals surface area contributed by atoms with Crippen LogP contribution < -0.4 is 10.6 Å². The van der Waals surface area contributed by atoms with Crippen molar-refractivity contribution in [3.8, 4) is 11.1 Å². The fraction of sp³-hybridized carbons (Fsp3) is 0.290. The first-order valence-electron chi connectivity index (χ1n) is 13.0. The molecular weight excluding hydrogens is 514 g/mol. The molecule has 7 heteroatoms. The van der Waals surface area contributed by atoms with Crippen molar-refractivity contribution < 1.29 is 9.59 Å². The third-order valence-corrected chi connectivity index (χ3v) is 8.42. The number of anilines is 1. The van der Waals surface area contributed by atoms with Gasteiger partial charge in [-0.2, -0.15) is 0 Å². The lowest BCUT2D eigenvalue weighted by Crippen LogP contribution is -2.46. The Bertz CT molecular complexity index is 1450. The number of nitrogens with one attached hydrogen (secondary N) is 2. The first-order valence-corrected chi connectivity index (χ1v) is 14.2. The van der Waals surface area contributed by atoms with Crippen LogP contribution in [0, 0.1) is 5.92 Å². The summed E-state index contributed by atoms with van der Waals surface area (Å²) >= 11 is 7.53. The molecule has 196 valence electrons. The minimum atomic E-state index is -0.267. The summed E-state index contributed by atoms with van der Waals surface area (Å²) in [5, 5.41) is 7.90. The van der Waals surface area contributed by atoms with Gasteiger partial charge in [-0.25, -0.2) is 0 Å². The number of thiophene rings is 1. The van der Waals surface area contributed by atoms with E-state index in [-0.39, 0.29) is 23.8 Å². The number of fused-ring (bicyclic) bond motifs is 1. The zero-order valence-corrected chi connectivity index (χ0v) is 23.2. The van der Waals surface area contributed by atoms with Gasteiger partial charge in [0, 0.05) is 28.0 Å². The zero-order valence-electron chi connectivity index (χ0n) is 21.7. The summed E-state index contributed by atoms with van der Waals surface area (Å²) in [4.78, 5) is 29.2. The number of carbonyl (C=O) groups is 2. The molecule has 1 aliphatic rings. The summed E-state index contributed by atoms with van der Waals surface area (Å²) in [6.07, 6.45) is 3.53. The minimum absolute atomic E-state index is 0.0427. The normalized spacial score (nSPS) is 17.5. The lowest BCUT2D eigenvalue weighted by molar-refractivity contribution is -0.121. The molecule has 0 radical (unpaired) electrons. The van der Waals surface area contributed by atoms with E-state index in [0.29, 0.717) is 9.90 Å². The number of hydrogen-bond donors (Lipinski definition) is 2. The summed E-state index contributed by atoms with van der Waals surface area (Å²) in [5.74, 6) is -0.441. The highest BCUT2D eigenvalue weighted by Gasteiger charge is 2.32. The predicted molar refractivity (Wildman–Crippen MR) is 158 cm³/mol. The van der Waals surface area contributed by atoms with E-state index in [4.69, 9.17) is 11.6 Å². The fourth-order valence-corrected chi connectivity index (χ4v) is 6.46. The van der Waals surface area contributed by atoms with Gasteiger partial charge in [0.15, 0.2) is 0 Å². The van der Waals surface area contributed by atoms with E-state index in [1.807, 2.05) is 36.4 Å². The highest BCUT2D eigenvalue weighted by molar-refractivity contribution is 7.20. The lowest BCUT2D eigenvalue weighted by atomic mass is 9.83. The van der Waals surface area contributed by atoms with Crippen molar-refractivity contribution in [3.05, 3.63) is 88.3 Å². The number of benzene rings is 3. The third-order valence-electron chi connectivity index (χ3n) is 7.09. The van der Waals surface area contributed by atoms with E-state index in [1.165, 1.54) is 22.5 Å². The maximum absolute atomic E-state index is 13.3. The molecule has 1 heterocycles. The zero-order chi connectivity index (χ0) is 26.6. The second kappa shape index (κ2) is 11.7. The van der Waals surface area contributed by atoms with E-state index in [9.17, 15) is 9.59 Å². The van der Waals surface area contributed by atoms with Crippen molar-refractivity contribution in [2.75, 3.05) is 19.4 Å². The van der Waals surface area contributed by atoms with Crippen LogP contribution in [0.1, 0.15) is 40.9 Å². The Kier molecular flexibility index (Phi) is 8.12. The van der Waals surface area contributed by atoms with Gasteiger partial charge in [0.1, 0.15) is 0 Å². The molecule has 1 aromatic heterocycles. The van der Waals surface area contributed by atoms with Crippen LogP contribution in [0.4, 0.5) is 5.69 Å². The van der Waals surface area contributed by atoms with Crippen LogP contribution in [-0.4, -0.2) is 36.9 Å². The summed E-state index contributed by atoms with van der Waals surface area (Å²) in [7, 11) is 4.13. The first-order chi connectivity index (χ1) is 18.4. The predicted octanol–water partition coefficient (Wildman–Crippen LogP) is 7.21. The van der Waals surface area contributed by atoms with Gasteiger partial charge >= 0.3 is 0 Å². The molecule has 4 aromatic rings. The van der Waals surface area contributed by atoms with Crippen molar-refractivity contribution >= 4 is 50.5 Å². The van der Waals surface area contributed by atoms with Crippen molar-refractivity contribution in [2.24, 2.45) is 5.92 Å². The Morgan fingerprint density at radius 1 is 0.974 bits per heavy atom. The SMILES string of the molecule is CN(C)Cc1ccccc1-c1ccc(NC(=O)[C@H]2CCCC[C@H]2NC(=O)c2cc3ccc(Cl)cc3s2)cc1. The van der Waals surface area contributed by atoms with Gasteiger partial charge in [0.25, 0.3) is 5.91 Å². The Labute approximate surface area is 232 Å². The first kappa shape index (κ1) is 26.4. The highest BCUT2D eigenvalue weighted by atomic mass is 35.5. The molecule has 1 saturated carbocycles. The van der Waals surface area contributed by atoms with Crippen LogP contribution in [0.5, 0.6) is 0 Å². The standard InChI is InChI=1S/C31H32ClN3O2S/c1-35(2)19-22-7-3-4-8-25(22)20-12-15-24(16-13-20)33-30(36)26-9-5-6-10-27(26)34-31(37)29-17-21-11-14-23(32)18-28(21)38-29/h3-4,7-8,11-18,26-27H,5-6,9-10,19H2,1-2H3,(H,33,36)(H,34,37)/t26-,27+/m0/s1. The van der Waals surface area contributed by atoms with Crippen LogP contribution >= 0.6 is 22.9 Å². The van der Waals surface area contributed by atoms with E-state index >= 15 is 0 Å². The molecule has 38 heavy (non-hydrogen) atoms. The van der Waals surface area contributed by atoms with Gasteiger partial charge in [0.05, 0.1) is 10.8 Å². The molecule has 2 amide bonds. The number of amides is 2. The molecule has 5 rings (SSSR count). The molecule has 1 aliphatic carbocycles. The Hall–Kier alpha value is -3.19. The van der Waals surface area contributed by atoms with E-state index in [1.54, 1.807) is 0 Å². The molecule has 0 bridgehead atoms. The summed E-state index contributed by atoms with van der Waals surface area (Å²) in [6, 6.07) is 23.7. The Morgan fingerprint density at radius 2 is 1.74 bits per heavy atom. The monoisotopic (exact) mass is 545 g/mol. The second-order valence-electron chi connectivity index (χ2n) is 10.2. The van der Waals surface area contributed by atoms with Crippen LogP contribution in [0.15, 0.2) is 72.8 Å². The molecule has 0 saturated heterocycles. The molecule has 3 aromatic carbocycles. The molecule has 1 fully saturated rings. The van der Waals surface area contributed by atoms with Gasteiger partial charge in [-0.15, -0.1) is 11.3 Å². The average molecular weight is 546 g/mol. The molecule has 0 spiro atoms. The third kappa shape index (κ3) is 6.09. The summed E-state index contributed by atoms with van der Waals surface area (Å²) in [5.41, 5.74) is 4.34. The molecular formula is C31H32ClN3O2S. The molecule has 0 aliphatic heterocycles. The summed E-state index contributed by atoms with van der Waals surface area (Å²) < 4.78 is 0.980. The average Bonchev–Trinajstić information content (AvgIpc) is 3.33. The van der Waals surface area contributed by atoms with Crippen LogP contribution in [0.3, 0.4) is 0 Å². The quantitative estimate of drug-likeness (QED) is 0.258. The van der Waals surface area contributed by atoms with Crippen LogP contribution in [-0.2, 0) is 11.3 Å². The number of halogens is 1. The molecule has 0 unspecified atom stereocenters. The van der Waals surface area contributed by atoms with E-state index in [0.717, 1.165) is 53.6 Å². The molecule has 5 nitrogen and oxygen atoms in total. The number of carbonyl (C=O) groups excluding carboxylic acids is 2. The number of rotatable bonds is 7. The Morgan fingerprint density at radius 3 is 2.53 bits per heavy atom. The van der Waals surface area contributed by atoms with Crippen molar-refractivity contribution in [1.29, 1.82) is 0 Å². The van der Waals surface area contributed by atoms with Gasteiger partial charge in [0.2, 0.25) is 5.91 Å². The number of hydrogen-bond acceptors (Lipinski definition) is 4. The van der Waals surface area contributed by atoms with E-state index < -0.39 is 0 Å². The molecule has 2 N–H and O–H groups in total. The molecule has 2 atom stereocenters. The van der Waals surface area contributed by atoms with Crippen LogP contribution in [0.2, 0.25) is 5.02 Å². The van der Waals surface area contributed by atoms with Crippen molar-refractivity contribution in [1.82, 2.24) is 10.2 Å². The van der Waals surface area contributed by atoms with Gasteiger partial charge in [-0.1, -0.05) is 66.9 Å². The topological polar surface area (TPSA) is 61.4 Å². The lowest BCUT2D eigenvalue weighted by Gasteiger charge is -2.31. The van der Waals surface area contributed by atoms with E-state index in [2.05, 4.69) is 66.0 Å². The minimum Gasteiger partial charge on any atom is -0.348 e. The summed E-state index contributed by atoms with van der Waals surface area (Å²) in [6.45, 7) is 0.860. The van der Waals surface area contributed by atoms with Gasteiger partial charge < -0.3 is 15.5 Å². The van der Waals surface area contributed by atoms with Gasteiger partial charge in [-0.3, -0.25) is 9.59 Å². The largest absolute Gasteiger partial charge is 0.348 e. The van der Waals surface area contributed by atoms with Crippen molar-refractivity contribution in [3.63, 3.8) is 0 Å². The van der Waals surface area contributed by atoms with Crippen LogP contribution in [0.25, 0.3) is 21.2 Å². The maximum atomic E-state index is 13.3. The maximum Gasteiger partial charge on any atom is 0.261 e. The van der Waals surface area contributed by atoms with Crippen molar-refractivity contribution in [2.45, 2.75) is 38.3 Å². The van der Waals surface area contributed by atoms with Gasteiger partial charge in [-0.05, 0) is 79.3 Å². The highest BCUT2D eigenvalue weighted by Crippen LogP contribution is 2.31.